The van der Waals surface area contributed by atoms with Gasteiger partial charge in [-0.3, -0.25) is 4.79 Å². The van der Waals surface area contributed by atoms with E-state index >= 15 is 0 Å². The Morgan fingerprint density at radius 2 is 2.16 bits per heavy atom. The minimum Gasteiger partial charge on any atom is -0.481 e. The van der Waals surface area contributed by atoms with Crippen molar-refractivity contribution in [2.75, 3.05) is 50.6 Å². The van der Waals surface area contributed by atoms with Gasteiger partial charge in [0.05, 0.1) is 17.8 Å². The van der Waals surface area contributed by atoms with Gasteiger partial charge in [-0.25, -0.2) is 4.79 Å². The van der Waals surface area contributed by atoms with Crippen LogP contribution in [0.2, 0.25) is 0 Å². The number of hydrogen-bond acceptors (Lipinski definition) is 5. The summed E-state index contributed by atoms with van der Waals surface area (Å²) in [5.74, 6) is 0.478. The van der Waals surface area contributed by atoms with Crippen LogP contribution in [0.4, 0.5) is 16.2 Å². The summed E-state index contributed by atoms with van der Waals surface area (Å²) in [6.07, 6.45) is -0.00715. The number of benzene rings is 1. The fourth-order valence-corrected chi connectivity index (χ4v) is 3.17. The minimum atomic E-state index is -0.287. The molecular formula is C17H24N4O4. The maximum atomic E-state index is 12.3. The van der Waals surface area contributed by atoms with Crippen molar-refractivity contribution in [2.45, 2.75) is 19.1 Å². The SMILES string of the molecule is CCO[C@H]1CN(C)C[C@@H]1NC(=O)Nc1ccc2c(c1)OCC(=O)N2C. The van der Waals surface area contributed by atoms with Gasteiger partial charge in [-0.2, -0.15) is 0 Å². The molecular weight excluding hydrogens is 324 g/mol. The third-order valence-electron chi connectivity index (χ3n) is 4.45. The van der Waals surface area contributed by atoms with Gasteiger partial charge >= 0.3 is 6.03 Å². The summed E-state index contributed by atoms with van der Waals surface area (Å²) in [5.41, 5.74) is 1.30. The first-order valence-corrected chi connectivity index (χ1v) is 8.39. The van der Waals surface area contributed by atoms with Crippen molar-refractivity contribution in [3.05, 3.63) is 18.2 Å². The first-order chi connectivity index (χ1) is 12.0. The molecule has 1 saturated heterocycles. The third-order valence-corrected chi connectivity index (χ3v) is 4.45. The number of fused-ring (bicyclic) bond motifs is 1. The van der Waals surface area contributed by atoms with E-state index in [-0.39, 0.29) is 30.7 Å². The van der Waals surface area contributed by atoms with E-state index in [4.69, 9.17) is 9.47 Å². The van der Waals surface area contributed by atoms with Gasteiger partial charge in [-0.1, -0.05) is 0 Å². The number of likely N-dealkylation sites (tertiary alicyclic amines) is 1. The van der Waals surface area contributed by atoms with E-state index in [1.807, 2.05) is 14.0 Å². The van der Waals surface area contributed by atoms with Crippen molar-refractivity contribution < 1.29 is 19.1 Å². The molecule has 0 spiro atoms. The number of hydrogen-bond donors (Lipinski definition) is 2. The Balaban J connectivity index is 1.62. The highest BCUT2D eigenvalue weighted by Crippen LogP contribution is 2.33. The molecule has 0 bridgehead atoms. The fourth-order valence-electron chi connectivity index (χ4n) is 3.17. The summed E-state index contributed by atoms with van der Waals surface area (Å²) in [5, 5.41) is 5.78. The highest BCUT2D eigenvalue weighted by atomic mass is 16.5. The molecule has 0 radical (unpaired) electrons. The predicted octanol–water partition coefficient (Wildman–Crippen LogP) is 0.882. The molecule has 0 saturated carbocycles. The van der Waals surface area contributed by atoms with Crippen molar-refractivity contribution in [3.63, 3.8) is 0 Å². The van der Waals surface area contributed by atoms with E-state index in [1.165, 1.54) is 0 Å². The van der Waals surface area contributed by atoms with Crippen LogP contribution >= 0.6 is 0 Å². The molecule has 2 N–H and O–H groups in total. The van der Waals surface area contributed by atoms with Gasteiger partial charge in [0.1, 0.15) is 5.75 Å². The maximum absolute atomic E-state index is 12.3. The zero-order chi connectivity index (χ0) is 18.0. The lowest BCUT2D eigenvalue weighted by Gasteiger charge is -2.26. The Labute approximate surface area is 147 Å². The summed E-state index contributed by atoms with van der Waals surface area (Å²) in [4.78, 5) is 27.6. The van der Waals surface area contributed by atoms with Crippen molar-refractivity contribution in [1.29, 1.82) is 0 Å². The monoisotopic (exact) mass is 348 g/mol. The van der Waals surface area contributed by atoms with Gasteiger partial charge in [0.2, 0.25) is 0 Å². The average molecular weight is 348 g/mol. The van der Waals surface area contributed by atoms with E-state index in [2.05, 4.69) is 15.5 Å². The lowest BCUT2D eigenvalue weighted by Crippen LogP contribution is -2.45. The molecule has 8 heteroatoms. The number of anilines is 2. The van der Waals surface area contributed by atoms with Crippen LogP contribution < -0.4 is 20.3 Å². The molecule has 0 unspecified atom stereocenters. The number of carbonyl (C=O) groups excluding carboxylic acids is 2. The van der Waals surface area contributed by atoms with Crippen LogP contribution in [0.25, 0.3) is 0 Å². The number of ether oxygens (including phenoxy) is 2. The topological polar surface area (TPSA) is 83.1 Å². The first-order valence-electron chi connectivity index (χ1n) is 8.39. The molecule has 3 amide bonds. The highest BCUT2D eigenvalue weighted by Gasteiger charge is 2.32. The molecule has 3 rings (SSSR count). The molecule has 1 fully saturated rings. The molecule has 2 atom stereocenters. The molecule has 2 aliphatic heterocycles. The summed E-state index contributed by atoms with van der Waals surface area (Å²) in [7, 11) is 3.71. The molecule has 0 aliphatic carbocycles. The summed E-state index contributed by atoms with van der Waals surface area (Å²) < 4.78 is 11.1. The summed E-state index contributed by atoms with van der Waals surface area (Å²) in [6.45, 7) is 4.12. The normalized spacial score (nSPS) is 23.2. The highest BCUT2D eigenvalue weighted by molar-refractivity contribution is 5.98. The van der Waals surface area contributed by atoms with Gasteiger partial charge in [0, 0.05) is 38.5 Å². The van der Waals surface area contributed by atoms with E-state index in [1.54, 1.807) is 30.1 Å². The Kier molecular flexibility index (Phi) is 5.10. The number of likely N-dealkylation sites (N-methyl/N-ethyl adjacent to an activating group) is 2. The maximum Gasteiger partial charge on any atom is 0.319 e. The van der Waals surface area contributed by atoms with Gasteiger partial charge in [0.15, 0.2) is 6.61 Å². The fraction of sp³-hybridized carbons (Fsp3) is 0.529. The predicted molar refractivity (Wildman–Crippen MR) is 94.2 cm³/mol. The van der Waals surface area contributed by atoms with Crippen LogP contribution in [0.1, 0.15) is 6.92 Å². The van der Waals surface area contributed by atoms with Crippen molar-refractivity contribution in [2.24, 2.45) is 0 Å². The second kappa shape index (κ2) is 7.28. The average Bonchev–Trinajstić information content (AvgIpc) is 2.90. The van der Waals surface area contributed by atoms with Gasteiger partial charge in [-0.15, -0.1) is 0 Å². The molecule has 0 aromatic heterocycles. The van der Waals surface area contributed by atoms with Crippen LogP contribution in [0.3, 0.4) is 0 Å². The smallest absolute Gasteiger partial charge is 0.319 e. The molecule has 136 valence electrons. The zero-order valence-electron chi connectivity index (χ0n) is 14.7. The molecule has 25 heavy (non-hydrogen) atoms. The third kappa shape index (κ3) is 3.85. The minimum absolute atomic E-state index is 0.00357. The first kappa shape index (κ1) is 17.5. The lowest BCUT2D eigenvalue weighted by molar-refractivity contribution is -0.120. The van der Waals surface area contributed by atoms with Gasteiger partial charge < -0.3 is 29.9 Å². The number of nitrogens with one attached hydrogen (secondary N) is 2. The van der Waals surface area contributed by atoms with Crippen LogP contribution in [-0.4, -0.2) is 69.4 Å². The van der Waals surface area contributed by atoms with Crippen LogP contribution in [0.15, 0.2) is 18.2 Å². The number of carbonyl (C=O) groups is 2. The number of nitrogens with zero attached hydrogens (tertiary/aromatic N) is 2. The second-order valence-electron chi connectivity index (χ2n) is 6.34. The van der Waals surface area contributed by atoms with Crippen molar-refractivity contribution in [1.82, 2.24) is 10.2 Å². The Morgan fingerprint density at radius 1 is 1.36 bits per heavy atom. The number of rotatable bonds is 4. The Morgan fingerprint density at radius 3 is 2.92 bits per heavy atom. The van der Waals surface area contributed by atoms with Crippen LogP contribution in [0, 0.1) is 0 Å². The van der Waals surface area contributed by atoms with Crippen LogP contribution in [-0.2, 0) is 9.53 Å². The quantitative estimate of drug-likeness (QED) is 0.844. The zero-order valence-corrected chi connectivity index (χ0v) is 14.7. The van der Waals surface area contributed by atoms with E-state index in [0.717, 1.165) is 13.1 Å². The number of amides is 3. The van der Waals surface area contributed by atoms with Crippen molar-refractivity contribution in [3.8, 4) is 5.75 Å². The molecule has 8 nitrogen and oxygen atoms in total. The number of urea groups is 1. The summed E-state index contributed by atoms with van der Waals surface area (Å²) >= 11 is 0. The van der Waals surface area contributed by atoms with Gasteiger partial charge in [-0.05, 0) is 26.1 Å². The largest absolute Gasteiger partial charge is 0.481 e. The van der Waals surface area contributed by atoms with Gasteiger partial charge in [0.25, 0.3) is 5.91 Å². The van der Waals surface area contributed by atoms with Crippen LogP contribution in [0.5, 0.6) is 5.75 Å². The Bertz CT molecular complexity index is 666. The molecule has 1 aromatic rings. The molecule has 2 heterocycles. The summed E-state index contributed by atoms with van der Waals surface area (Å²) in [6, 6.07) is 4.89. The molecule has 1 aromatic carbocycles. The Hall–Kier alpha value is -2.32. The second-order valence-corrected chi connectivity index (χ2v) is 6.34. The van der Waals surface area contributed by atoms with Crippen molar-refractivity contribution >= 4 is 23.3 Å². The van der Waals surface area contributed by atoms with E-state index < -0.39 is 0 Å². The van der Waals surface area contributed by atoms with E-state index in [0.29, 0.717) is 23.7 Å². The standard InChI is InChI=1S/C17H24N4O4/c1-4-24-15-9-20(2)8-12(15)19-17(23)18-11-5-6-13-14(7-11)25-10-16(22)21(13)3/h5-7,12,15H,4,8-10H2,1-3H3,(H2,18,19,23)/t12-,15-/m0/s1. The molecule has 2 aliphatic rings. The van der Waals surface area contributed by atoms with E-state index in [9.17, 15) is 9.59 Å². The lowest BCUT2D eigenvalue weighted by atomic mass is 10.2.